The van der Waals surface area contributed by atoms with Crippen molar-refractivity contribution in [1.82, 2.24) is 5.32 Å². The fraction of sp³-hybridized carbons (Fsp3) is 0.600. The Bertz CT molecular complexity index is 401. The van der Waals surface area contributed by atoms with Gasteiger partial charge in [0.05, 0.1) is 6.61 Å². The van der Waals surface area contributed by atoms with Crippen LogP contribution >= 0.6 is 0 Å². The lowest BCUT2D eigenvalue weighted by Gasteiger charge is -2.23. The average Bonchev–Trinajstić information content (AvgIpc) is 2.33. The van der Waals surface area contributed by atoms with Crippen LogP contribution in [0, 0.1) is 17.6 Å². The van der Waals surface area contributed by atoms with Gasteiger partial charge in [0.2, 0.25) is 0 Å². The first-order chi connectivity index (χ1) is 9.45. The Morgan fingerprint density at radius 3 is 2.35 bits per heavy atom. The highest BCUT2D eigenvalue weighted by atomic mass is 19.1. The third-order valence-electron chi connectivity index (χ3n) is 2.91. The predicted molar refractivity (Wildman–Crippen MR) is 78.0 cm³/mol. The first kappa shape index (κ1) is 16.9. The molecular formula is C15H24F2N2O. The molecule has 0 heterocycles. The van der Waals surface area contributed by atoms with Crippen LogP contribution in [0.25, 0.3) is 0 Å². The Balaban J connectivity index is 2.75. The molecule has 0 aliphatic rings. The van der Waals surface area contributed by atoms with E-state index in [0.29, 0.717) is 37.7 Å². The molecular weight excluding hydrogens is 262 g/mol. The van der Waals surface area contributed by atoms with E-state index >= 15 is 0 Å². The standard InChI is InChI=1S/C15H24F2N2O/c1-11(2)10-19(3)15-13(16)7-12(8-14(15)17)9-18-5-6-20-4/h7-8,11,18H,5-6,9-10H2,1-4H3. The summed E-state index contributed by atoms with van der Waals surface area (Å²) in [5.41, 5.74) is 0.636. The second kappa shape index (κ2) is 8.17. The minimum atomic E-state index is -0.517. The molecule has 0 spiro atoms. The monoisotopic (exact) mass is 286 g/mol. The smallest absolute Gasteiger partial charge is 0.149 e. The molecule has 1 aromatic rings. The molecule has 0 saturated heterocycles. The summed E-state index contributed by atoms with van der Waals surface area (Å²) in [4.78, 5) is 1.62. The minimum Gasteiger partial charge on any atom is -0.383 e. The molecule has 0 amide bonds. The van der Waals surface area contributed by atoms with E-state index in [0.717, 1.165) is 0 Å². The molecule has 1 aromatic carbocycles. The van der Waals surface area contributed by atoms with E-state index in [4.69, 9.17) is 4.74 Å². The molecule has 5 heteroatoms. The van der Waals surface area contributed by atoms with Crippen LogP contribution in [0.2, 0.25) is 0 Å². The SMILES string of the molecule is COCCNCc1cc(F)c(N(C)CC(C)C)c(F)c1. The average molecular weight is 286 g/mol. The highest BCUT2D eigenvalue weighted by molar-refractivity contribution is 5.50. The van der Waals surface area contributed by atoms with E-state index in [1.807, 2.05) is 13.8 Å². The summed E-state index contributed by atoms with van der Waals surface area (Å²) < 4.78 is 33.0. The van der Waals surface area contributed by atoms with Gasteiger partial charge in [-0.1, -0.05) is 13.8 Å². The quantitative estimate of drug-likeness (QED) is 0.744. The number of halogens is 2. The van der Waals surface area contributed by atoms with E-state index in [9.17, 15) is 8.78 Å². The van der Waals surface area contributed by atoms with Gasteiger partial charge in [0, 0.05) is 33.8 Å². The van der Waals surface area contributed by atoms with Crippen LogP contribution in [0.15, 0.2) is 12.1 Å². The van der Waals surface area contributed by atoms with E-state index in [1.54, 1.807) is 19.1 Å². The van der Waals surface area contributed by atoms with E-state index in [1.165, 1.54) is 12.1 Å². The molecule has 20 heavy (non-hydrogen) atoms. The van der Waals surface area contributed by atoms with Crippen LogP contribution in [-0.4, -0.2) is 33.9 Å². The maximum absolute atomic E-state index is 14.1. The lowest BCUT2D eigenvalue weighted by atomic mass is 10.1. The molecule has 1 N–H and O–H groups in total. The summed E-state index contributed by atoms with van der Waals surface area (Å²) >= 11 is 0. The van der Waals surface area contributed by atoms with Gasteiger partial charge in [-0.15, -0.1) is 0 Å². The Hall–Kier alpha value is -1.20. The van der Waals surface area contributed by atoms with Crippen molar-refractivity contribution in [3.63, 3.8) is 0 Å². The number of ether oxygens (including phenoxy) is 1. The van der Waals surface area contributed by atoms with Crippen molar-refractivity contribution in [2.24, 2.45) is 5.92 Å². The molecule has 1 rings (SSSR count). The molecule has 0 saturated carbocycles. The lowest BCUT2D eigenvalue weighted by molar-refractivity contribution is 0.199. The Kier molecular flexibility index (Phi) is 6.88. The molecule has 0 aliphatic carbocycles. The van der Waals surface area contributed by atoms with E-state index in [2.05, 4.69) is 5.32 Å². The van der Waals surface area contributed by atoms with Gasteiger partial charge in [-0.2, -0.15) is 0 Å². The second-order valence-electron chi connectivity index (χ2n) is 5.35. The number of rotatable bonds is 8. The van der Waals surface area contributed by atoms with Crippen molar-refractivity contribution in [3.05, 3.63) is 29.3 Å². The number of anilines is 1. The number of nitrogens with zero attached hydrogens (tertiary/aromatic N) is 1. The van der Waals surface area contributed by atoms with Crippen molar-refractivity contribution in [3.8, 4) is 0 Å². The lowest BCUT2D eigenvalue weighted by Crippen LogP contribution is -2.25. The van der Waals surface area contributed by atoms with Crippen LogP contribution < -0.4 is 10.2 Å². The Morgan fingerprint density at radius 1 is 1.25 bits per heavy atom. The van der Waals surface area contributed by atoms with Gasteiger partial charge in [0.15, 0.2) is 0 Å². The van der Waals surface area contributed by atoms with E-state index < -0.39 is 11.6 Å². The minimum absolute atomic E-state index is 0.0411. The van der Waals surface area contributed by atoms with Crippen molar-refractivity contribution < 1.29 is 13.5 Å². The van der Waals surface area contributed by atoms with E-state index in [-0.39, 0.29) is 5.69 Å². The van der Waals surface area contributed by atoms with Crippen molar-refractivity contribution in [1.29, 1.82) is 0 Å². The second-order valence-corrected chi connectivity index (χ2v) is 5.35. The zero-order valence-electron chi connectivity index (χ0n) is 12.7. The van der Waals surface area contributed by atoms with Crippen LogP contribution in [-0.2, 0) is 11.3 Å². The molecule has 0 aliphatic heterocycles. The fourth-order valence-corrected chi connectivity index (χ4v) is 2.13. The van der Waals surface area contributed by atoms with Gasteiger partial charge >= 0.3 is 0 Å². The predicted octanol–water partition coefficient (Wildman–Crippen LogP) is 2.79. The van der Waals surface area contributed by atoms with Crippen LogP contribution in [0.4, 0.5) is 14.5 Å². The van der Waals surface area contributed by atoms with Gasteiger partial charge in [0.1, 0.15) is 17.3 Å². The molecule has 0 atom stereocenters. The summed E-state index contributed by atoms with van der Waals surface area (Å²) in [6.45, 7) is 6.28. The van der Waals surface area contributed by atoms with Crippen molar-refractivity contribution >= 4 is 5.69 Å². The first-order valence-electron chi connectivity index (χ1n) is 6.84. The highest BCUT2D eigenvalue weighted by Crippen LogP contribution is 2.24. The molecule has 0 radical (unpaired) electrons. The van der Waals surface area contributed by atoms with Gasteiger partial charge < -0.3 is 15.0 Å². The highest BCUT2D eigenvalue weighted by Gasteiger charge is 2.16. The van der Waals surface area contributed by atoms with Crippen molar-refractivity contribution in [2.75, 3.05) is 38.8 Å². The van der Waals surface area contributed by atoms with Gasteiger partial charge in [-0.25, -0.2) is 8.78 Å². The van der Waals surface area contributed by atoms with Crippen LogP contribution in [0.1, 0.15) is 19.4 Å². The molecule has 0 fully saturated rings. The number of nitrogens with one attached hydrogen (secondary N) is 1. The molecule has 114 valence electrons. The largest absolute Gasteiger partial charge is 0.383 e. The van der Waals surface area contributed by atoms with Crippen molar-refractivity contribution in [2.45, 2.75) is 20.4 Å². The summed E-state index contributed by atoms with van der Waals surface area (Å²) in [6.07, 6.45) is 0. The third-order valence-corrected chi connectivity index (χ3v) is 2.91. The summed E-state index contributed by atoms with van der Waals surface area (Å²) in [6, 6.07) is 2.77. The zero-order valence-corrected chi connectivity index (χ0v) is 12.7. The molecule has 3 nitrogen and oxygen atoms in total. The van der Waals surface area contributed by atoms with Crippen LogP contribution in [0.3, 0.4) is 0 Å². The normalized spacial score (nSPS) is 11.2. The zero-order chi connectivity index (χ0) is 15.1. The third kappa shape index (κ3) is 5.06. The summed E-state index contributed by atoms with van der Waals surface area (Å²) in [7, 11) is 3.32. The number of hydrogen-bond donors (Lipinski definition) is 1. The Morgan fingerprint density at radius 2 is 1.85 bits per heavy atom. The maximum atomic E-state index is 14.1. The van der Waals surface area contributed by atoms with Crippen LogP contribution in [0.5, 0.6) is 0 Å². The maximum Gasteiger partial charge on any atom is 0.149 e. The number of benzene rings is 1. The summed E-state index contributed by atoms with van der Waals surface area (Å²) in [5.74, 6) is -0.692. The van der Waals surface area contributed by atoms with Gasteiger partial charge in [-0.3, -0.25) is 0 Å². The molecule has 0 unspecified atom stereocenters. The fourth-order valence-electron chi connectivity index (χ4n) is 2.13. The number of hydrogen-bond acceptors (Lipinski definition) is 3. The summed E-state index contributed by atoms with van der Waals surface area (Å²) in [5, 5.41) is 3.07. The molecule has 0 bridgehead atoms. The molecule has 0 aromatic heterocycles. The first-order valence-corrected chi connectivity index (χ1v) is 6.84. The Labute approximate surface area is 119 Å². The topological polar surface area (TPSA) is 24.5 Å². The van der Waals surface area contributed by atoms with Gasteiger partial charge in [-0.05, 0) is 23.6 Å². The number of methoxy groups -OCH3 is 1. The van der Waals surface area contributed by atoms with Gasteiger partial charge in [0.25, 0.3) is 0 Å².